The Kier molecular flexibility index (Phi) is 2.49. The zero-order chi connectivity index (χ0) is 8.43. The van der Waals surface area contributed by atoms with Gasteiger partial charge in [-0.2, -0.15) is 0 Å². The summed E-state index contributed by atoms with van der Waals surface area (Å²) in [6.07, 6.45) is 0. The van der Waals surface area contributed by atoms with Crippen molar-refractivity contribution in [3.8, 4) is 0 Å². The highest BCUT2D eigenvalue weighted by atomic mass is 127. The first-order valence-corrected chi connectivity index (χ1v) is 4.25. The summed E-state index contributed by atoms with van der Waals surface area (Å²) in [6.45, 7) is 1.53. The second-order valence-electron chi connectivity index (χ2n) is 2.29. The number of benzene rings is 1. The summed E-state index contributed by atoms with van der Waals surface area (Å²) in [5.41, 5.74) is 6.93. The number of nitrogen functional groups attached to an aromatic ring is 1. The zero-order valence-corrected chi connectivity index (χ0v) is 8.25. The maximum Gasteiger partial charge on any atom is 0.159 e. The van der Waals surface area contributed by atoms with Gasteiger partial charge in [0, 0.05) is 14.8 Å². The largest absolute Gasteiger partial charge is 0.398 e. The lowest BCUT2D eigenvalue weighted by atomic mass is 10.1. The number of hydrogen-bond acceptors (Lipinski definition) is 2. The van der Waals surface area contributed by atoms with E-state index in [4.69, 9.17) is 5.73 Å². The molecule has 11 heavy (non-hydrogen) atoms. The number of anilines is 1. The highest BCUT2D eigenvalue weighted by Gasteiger charge is 2.00. The average molecular weight is 261 g/mol. The van der Waals surface area contributed by atoms with Gasteiger partial charge in [0.1, 0.15) is 0 Å². The van der Waals surface area contributed by atoms with Crippen molar-refractivity contribution < 1.29 is 4.79 Å². The molecule has 0 heterocycles. The van der Waals surface area contributed by atoms with Gasteiger partial charge in [0.05, 0.1) is 0 Å². The van der Waals surface area contributed by atoms with Gasteiger partial charge < -0.3 is 5.73 Å². The van der Waals surface area contributed by atoms with Gasteiger partial charge in [0.2, 0.25) is 0 Å². The van der Waals surface area contributed by atoms with E-state index in [9.17, 15) is 4.79 Å². The first-order valence-electron chi connectivity index (χ1n) is 3.17. The molecule has 0 aliphatic carbocycles. The van der Waals surface area contributed by atoms with Crippen LogP contribution in [-0.4, -0.2) is 5.78 Å². The number of ketones is 1. The maximum atomic E-state index is 10.9. The summed E-state index contributed by atoms with van der Waals surface area (Å²) in [6, 6.07) is 5.32. The van der Waals surface area contributed by atoms with Gasteiger partial charge in [-0.1, -0.05) is 6.07 Å². The Balaban J connectivity index is 3.15. The van der Waals surface area contributed by atoms with Gasteiger partial charge >= 0.3 is 0 Å². The number of carbonyl (C=O) groups is 1. The van der Waals surface area contributed by atoms with Crippen LogP contribution < -0.4 is 5.73 Å². The Hall–Kier alpha value is -0.580. The van der Waals surface area contributed by atoms with Gasteiger partial charge in [0.25, 0.3) is 0 Å². The highest BCUT2D eigenvalue weighted by molar-refractivity contribution is 14.1. The molecule has 0 bridgehead atoms. The molecule has 0 spiro atoms. The van der Waals surface area contributed by atoms with Crippen molar-refractivity contribution in [1.82, 2.24) is 0 Å². The molecule has 1 aromatic rings. The molecule has 0 saturated carbocycles. The Bertz CT molecular complexity index is 296. The maximum absolute atomic E-state index is 10.9. The minimum Gasteiger partial charge on any atom is -0.398 e. The molecule has 2 N–H and O–H groups in total. The van der Waals surface area contributed by atoms with E-state index in [1.807, 2.05) is 6.07 Å². The van der Waals surface area contributed by atoms with Crippen molar-refractivity contribution in [3.05, 3.63) is 27.3 Å². The number of nitrogens with two attached hydrogens (primary N) is 1. The van der Waals surface area contributed by atoms with Crippen molar-refractivity contribution in [1.29, 1.82) is 0 Å². The Morgan fingerprint density at radius 2 is 2.18 bits per heavy atom. The van der Waals surface area contributed by atoms with Crippen molar-refractivity contribution in [3.63, 3.8) is 0 Å². The number of carbonyl (C=O) groups excluding carboxylic acids is 1. The Morgan fingerprint density at radius 3 is 2.64 bits per heavy atom. The summed E-state index contributed by atoms with van der Waals surface area (Å²) in [5, 5.41) is 0. The second-order valence-corrected chi connectivity index (χ2v) is 3.45. The number of rotatable bonds is 1. The van der Waals surface area contributed by atoms with E-state index in [0.717, 1.165) is 3.57 Å². The molecule has 1 aromatic carbocycles. The topological polar surface area (TPSA) is 43.1 Å². The molecular weight excluding hydrogens is 253 g/mol. The first kappa shape index (κ1) is 8.52. The van der Waals surface area contributed by atoms with Crippen LogP contribution in [0.2, 0.25) is 0 Å². The van der Waals surface area contributed by atoms with Gasteiger partial charge in [-0.3, -0.25) is 4.79 Å². The molecule has 0 fully saturated rings. The fourth-order valence-electron chi connectivity index (χ4n) is 0.763. The minimum absolute atomic E-state index is 0.0492. The summed E-state index contributed by atoms with van der Waals surface area (Å²) in [7, 11) is 0. The molecular formula is C8H8INO. The van der Waals surface area contributed by atoms with E-state index in [1.54, 1.807) is 12.1 Å². The molecule has 0 aliphatic heterocycles. The van der Waals surface area contributed by atoms with Crippen LogP contribution in [0.3, 0.4) is 0 Å². The highest BCUT2D eigenvalue weighted by Crippen LogP contribution is 2.16. The Labute approximate surface area is 78.9 Å². The summed E-state index contributed by atoms with van der Waals surface area (Å²) in [5.74, 6) is 0.0492. The molecule has 0 amide bonds. The normalized spacial score (nSPS) is 9.64. The van der Waals surface area contributed by atoms with Crippen LogP contribution in [0.5, 0.6) is 0 Å². The fraction of sp³-hybridized carbons (Fsp3) is 0.125. The third-order valence-electron chi connectivity index (χ3n) is 1.40. The predicted molar refractivity (Wildman–Crippen MR) is 53.6 cm³/mol. The molecule has 58 valence electrons. The SMILES string of the molecule is CC(=O)c1ccc(I)c(N)c1. The van der Waals surface area contributed by atoms with E-state index in [0.29, 0.717) is 11.3 Å². The standard InChI is InChI=1S/C8H8INO/c1-5(11)6-2-3-7(9)8(10)4-6/h2-4H,10H2,1H3. The van der Waals surface area contributed by atoms with Crippen LogP contribution in [-0.2, 0) is 0 Å². The smallest absolute Gasteiger partial charge is 0.159 e. The molecule has 1 rings (SSSR count). The van der Waals surface area contributed by atoms with Crippen LogP contribution in [0.15, 0.2) is 18.2 Å². The average Bonchev–Trinajstić information content (AvgIpc) is 1.94. The van der Waals surface area contributed by atoms with E-state index in [2.05, 4.69) is 22.6 Å². The van der Waals surface area contributed by atoms with Crippen LogP contribution in [0, 0.1) is 3.57 Å². The predicted octanol–water partition coefficient (Wildman–Crippen LogP) is 2.08. The van der Waals surface area contributed by atoms with Gasteiger partial charge in [0.15, 0.2) is 5.78 Å². The van der Waals surface area contributed by atoms with Crippen molar-refractivity contribution >= 4 is 34.1 Å². The molecule has 0 atom stereocenters. The van der Waals surface area contributed by atoms with Crippen LogP contribution >= 0.6 is 22.6 Å². The molecule has 2 nitrogen and oxygen atoms in total. The van der Waals surface area contributed by atoms with E-state index >= 15 is 0 Å². The fourth-order valence-corrected chi connectivity index (χ4v) is 1.10. The van der Waals surface area contributed by atoms with E-state index in [-0.39, 0.29) is 5.78 Å². The van der Waals surface area contributed by atoms with Crippen molar-refractivity contribution in [2.75, 3.05) is 5.73 Å². The summed E-state index contributed by atoms with van der Waals surface area (Å²) < 4.78 is 0.979. The van der Waals surface area contributed by atoms with Crippen molar-refractivity contribution in [2.45, 2.75) is 6.92 Å². The zero-order valence-electron chi connectivity index (χ0n) is 6.10. The number of halogens is 1. The molecule has 0 aromatic heterocycles. The number of Topliss-reactive ketones (excluding diaryl/α,β-unsaturated/α-hetero) is 1. The van der Waals surface area contributed by atoms with Crippen molar-refractivity contribution in [2.24, 2.45) is 0 Å². The van der Waals surface area contributed by atoms with Crippen LogP contribution in [0.25, 0.3) is 0 Å². The molecule has 0 aliphatic rings. The summed E-state index contributed by atoms with van der Waals surface area (Å²) in [4.78, 5) is 10.9. The third-order valence-corrected chi connectivity index (χ3v) is 2.38. The molecule has 3 heteroatoms. The van der Waals surface area contributed by atoms with Crippen LogP contribution in [0.1, 0.15) is 17.3 Å². The van der Waals surface area contributed by atoms with E-state index < -0.39 is 0 Å². The van der Waals surface area contributed by atoms with Gasteiger partial charge in [-0.15, -0.1) is 0 Å². The van der Waals surface area contributed by atoms with Gasteiger partial charge in [-0.05, 0) is 41.6 Å². The lowest BCUT2D eigenvalue weighted by molar-refractivity contribution is 0.101. The second kappa shape index (κ2) is 3.21. The monoisotopic (exact) mass is 261 g/mol. The lowest BCUT2D eigenvalue weighted by Crippen LogP contribution is -1.95. The summed E-state index contributed by atoms with van der Waals surface area (Å²) >= 11 is 2.13. The quantitative estimate of drug-likeness (QED) is 0.477. The lowest BCUT2D eigenvalue weighted by Gasteiger charge is -1.99. The molecule has 0 unspecified atom stereocenters. The molecule has 0 radical (unpaired) electrons. The minimum atomic E-state index is 0.0492. The molecule has 0 saturated heterocycles. The Morgan fingerprint density at radius 1 is 1.55 bits per heavy atom. The van der Waals surface area contributed by atoms with E-state index in [1.165, 1.54) is 6.92 Å². The third kappa shape index (κ3) is 1.92. The first-order chi connectivity index (χ1) is 5.11. The number of hydrogen-bond donors (Lipinski definition) is 1. The van der Waals surface area contributed by atoms with Crippen LogP contribution in [0.4, 0.5) is 5.69 Å². The van der Waals surface area contributed by atoms with Gasteiger partial charge in [-0.25, -0.2) is 0 Å².